The highest BCUT2D eigenvalue weighted by Gasteiger charge is 2.25. The number of anilines is 1. The van der Waals surface area contributed by atoms with E-state index in [1.165, 1.54) is 25.7 Å². The molecule has 1 saturated carbocycles. The normalized spacial score (nSPS) is 18.9. The average molecular weight is 298 g/mol. The number of aromatic nitrogens is 3. The standard InChI is InChI=1S/C13H20ClN5O/c1-18(10-4-5-10)8-9-20-13-16-11(14)15-12(17-13)19-6-2-3-7-19/h10H,2-9H2,1H3. The first-order valence-corrected chi connectivity index (χ1v) is 7.60. The predicted octanol–water partition coefficient (Wildman–Crippen LogP) is 1.60. The van der Waals surface area contributed by atoms with Gasteiger partial charge >= 0.3 is 6.01 Å². The van der Waals surface area contributed by atoms with Crippen molar-refractivity contribution in [3.05, 3.63) is 5.28 Å². The molecule has 20 heavy (non-hydrogen) atoms. The molecule has 1 aromatic rings. The highest BCUT2D eigenvalue weighted by molar-refractivity contribution is 6.28. The van der Waals surface area contributed by atoms with Crippen LogP contribution in [0.2, 0.25) is 5.28 Å². The number of halogens is 1. The first kappa shape index (κ1) is 13.8. The molecule has 110 valence electrons. The van der Waals surface area contributed by atoms with Crippen LogP contribution in [0.4, 0.5) is 5.95 Å². The van der Waals surface area contributed by atoms with Crippen molar-refractivity contribution in [2.24, 2.45) is 0 Å². The monoisotopic (exact) mass is 297 g/mol. The Balaban J connectivity index is 1.57. The van der Waals surface area contributed by atoms with Crippen LogP contribution in [0.3, 0.4) is 0 Å². The summed E-state index contributed by atoms with van der Waals surface area (Å²) >= 11 is 5.95. The Morgan fingerprint density at radius 1 is 1.25 bits per heavy atom. The van der Waals surface area contributed by atoms with E-state index in [1.807, 2.05) is 0 Å². The maximum atomic E-state index is 5.95. The van der Waals surface area contributed by atoms with Gasteiger partial charge in [-0.05, 0) is 44.3 Å². The molecule has 2 fully saturated rings. The van der Waals surface area contributed by atoms with E-state index in [4.69, 9.17) is 16.3 Å². The second kappa shape index (κ2) is 6.10. The molecular formula is C13H20ClN5O. The van der Waals surface area contributed by atoms with E-state index in [0.717, 1.165) is 25.7 Å². The summed E-state index contributed by atoms with van der Waals surface area (Å²) in [6, 6.07) is 1.07. The highest BCUT2D eigenvalue weighted by Crippen LogP contribution is 2.25. The first-order chi connectivity index (χ1) is 9.72. The fraction of sp³-hybridized carbons (Fsp3) is 0.769. The fourth-order valence-electron chi connectivity index (χ4n) is 2.42. The summed E-state index contributed by atoms with van der Waals surface area (Å²) in [7, 11) is 2.12. The third-order valence-corrected chi connectivity index (χ3v) is 3.98. The second-order valence-electron chi connectivity index (χ2n) is 5.44. The van der Waals surface area contributed by atoms with Crippen LogP contribution in [0, 0.1) is 0 Å². The van der Waals surface area contributed by atoms with Crippen molar-refractivity contribution in [2.75, 3.05) is 38.2 Å². The smallest absolute Gasteiger partial charge is 0.322 e. The van der Waals surface area contributed by atoms with Crippen LogP contribution in [0.25, 0.3) is 0 Å². The summed E-state index contributed by atoms with van der Waals surface area (Å²) in [5.74, 6) is 0.632. The van der Waals surface area contributed by atoms with Gasteiger partial charge in [-0.25, -0.2) is 0 Å². The van der Waals surface area contributed by atoms with Crippen LogP contribution in [0.5, 0.6) is 6.01 Å². The van der Waals surface area contributed by atoms with Crippen LogP contribution >= 0.6 is 11.6 Å². The van der Waals surface area contributed by atoms with E-state index < -0.39 is 0 Å². The van der Waals surface area contributed by atoms with Gasteiger partial charge in [0.25, 0.3) is 0 Å². The van der Waals surface area contributed by atoms with Gasteiger partial charge in [0.2, 0.25) is 11.2 Å². The van der Waals surface area contributed by atoms with Crippen molar-refractivity contribution in [1.29, 1.82) is 0 Å². The Morgan fingerprint density at radius 2 is 2.00 bits per heavy atom. The maximum absolute atomic E-state index is 5.95. The Labute approximate surface area is 124 Å². The Kier molecular flexibility index (Phi) is 4.21. The number of nitrogens with zero attached hydrogens (tertiary/aromatic N) is 5. The molecule has 0 atom stereocenters. The van der Waals surface area contributed by atoms with E-state index in [2.05, 4.69) is 31.8 Å². The lowest BCUT2D eigenvalue weighted by Crippen LogP contribution is -2.27. The third kappa shape index (κ3) is 3.49. The first-order valence-electron chi connectivity index (χ1n) is 7.22. The maximum Gasteiger partial charge on any atom is 0.322 e. The largest absolute Gasteiger partial charge is 0.462 e. The molecule has 0 amide bonds. The molecule has 0 spiro atoms. The number of likely N-dealkylation sites (N-methyl/N-ethyl adjacent to an activating group) is 1. The summed E-state index contributed by atoms with van der Waals surface area (Å²) in [5, 5.41) is 0.201. The van der Waals surface area contributed by atoms with E-state index in [9.17, 15) is 0 Å². The molecule has 1 saturated heterocycles. The van der Waals surface area contributed by atoms with Crippen LogP contribution in [-0.4, -0.2) is 59.2 Å². The topological polar surface area (TPSA) is 54.4 Å². The lowest BCUT2D eigenvalue weighted by molar-refractivity contribution is 0.220. The molecule has 1 aromatic heterocycles. The minimum absolute atomic E-state index is 0.201. The molecule has 3 rings (SSSR count). The van der Waals surface area contributed by atoms with Crippen LogP contribution < -0.4 is 9.64 Å². The van der Waals surface area contributed by atoms with E-state index in [0.29, 0.717) is 18.6 Å². The van der Waals surface area contributed by atoms with Gasteiger partial charge in [0.15, 0.2) is 0 Å². The average Bonchev–Trinajstić information content (AvgIpc) is 3.13. The number of hydrogen-bond donors (Lipinski definition) is 0. The van der Waals surface area contributed by atoms with Crippen molar-refractivity contribution in [3.63, 3.8) is 0 Å². The molecule has 0 aromatic carbocycles. The van der Waals surface area contributed by atoms with E-state index >= 15 is 0 Å². The molecule has 1 aliphatic heterocycles. The van der Waals surface area contributed by atoms with Gasteiger partial charge in [0.1, 0.15) is 6.61 Å². The molecule has 0 unspecified atom stereocenters. The van der Waals surface area contributed by atoms with E-state index in [1.54, 1.807) is 0 Å². The van der Waals surface area contributed by atoms with Crippen molar-refractivity contribution in [2.45, 2.75) is 31.7 Å². The molecule has 0 bridgehead atoms. The van der Waals surface area contributed by atoms with Gasteiger partial charge < -0.3 is 14.5 Å². The Hall–Kier alpha value is -1.14. The van der Waals surface area contributed by atoms with E-state index in [-0.39, 0.29) is 5.28 Å². The van der Waals surface area contributed by atoms with Gasteiger partial charge in [-0.1, -0.05) is 0 Å². The van der Waals surface area contributed by atoms with Crippen molar-refractivity contribution in [1.82, 2.24) is 19.9 Å². The quantitative estimate of drug-likeness (QED) is 0.795. The van der Waals surface area contributed by atoms with Gasteiger partial charge in [-0.3, -0.25) is 0 Å². The predicted molar refractivity (Wildman–Crippen MR) is 77.4 cm³/mol. The van der Waals surface area contributed by atoms with Crippen LogP contribution in [0.1, 0.15) is 25.7 Å². The minimum atomic E-state index is 0.201. The Bertz CT molecular complexity index is 462. The molecule has 0 N–H and O–H groups in total. The molecule has 0 radical (unpaired) electrons. The highest BCUT2D eigenvalue weighted by atomic mass is 35.5. The molecule has 7 heteroatoms. The minimum Gasteiger partial charge on any atom is -0.462 e. The fourth-order valence-corrected chi connectivity index (χ4v) is 2.57. The zero-order valence-corrected chi connectivity index (χ0v) is 12.5. The summed E-state index contributed by atoms with van der Waals surface area (Å²) in [4.78, 5) is 17.0. The number of rotatable bonds is 6. The molecule has 1 aliphatic carbocycles. The molecule has 2 aliphatic rings. The summed E-state index contributed by atoms with van der Waals surface area (Å²) < 4.78 is 5.62. The second-order valence-corrected chi connectivity index (χ2v) is 5.78. The SMILES string of the molecule is CN(CCOc1nc(Cl)nc(N2CCCC2)n1)C1CC1. The Morgan fingerprint density at radius 3 is 2.70 bits per heavy atom. The van der Waals surface area contributed by atoms with Gasteiger partial charge in [0, 0.05) is 25.7 Å². The van der Waals surface area contributed by atoms with Gasteiger partial charge in [-0.15, -0.1) is 0 Å². The van der Waals surface area contributed by atoms with Crippen molar-refractivity contribution in [3.8, 4) is 6.01 Å². The molecule has 2 heterocycles. The third-order valence-electron chi connectivity index (χ3n) is 3.81. The number of ether oxygens (including phenoxy) is 1. The van der Waals surface area contributed by atoms with Crippen LogP contribution in [-0.2, 0) is 0 Å². The van der Waals surface area contributed by atoms with Crippen molar-refractivity contribution < 1.29 is 4.74 Å². The molecular weight excluding hydrogens is 278 g/mol. The van der Waals surface area contributed by atoms with Gasteiger partial charge in [-0.2, -0.15) is 15.0 Å². The number of hydrogen-bond acceptors (Lipinski definition) is 6. The summed E-state index contributed by atoms with van der Waals surface area (Å²) in [5.41, 5.74) is 0. The van der Waals surface area contributed by atoms with Crippen LogP contribution in [0.15, 0.2) is 0 Å². The lowest BCUT2D eigenvalue weighted by Gasteiger charge is -2.17. The molecule has 6 nitrogen and oxygen atoms in total. The zero-order valence-electron chi connectivity index (χ0n) is 11.8. The lowest BCUT2D eigenvalue weighted by atomic mass is 10.4. The zero-order chi connectivity index (χ0) is 13.9. The summed E-state index contributed by atoms with van der Waals surface area (Å²) in [6.07, 6.45) is 4.94. The summed E-state index contributed by atoms with van der Waals surface area (Å²) in [6.45, 7) is 3.41. The van der Waals surface area contributed by atoms with Gasteiger partial charge in [0.05, 0.1) is 0 Å². The van der Waals surface area contributed by atoms with Crippen molar-refractivity contribution >= 4 is 17.5 Å².